The van der Waals surface area contributed by atoms with E-state index in [0.717, 1.165) is 17.4 Å². The summed E-state index contributed by atoms with van der Waals surface area (Å²) in [4.78, 5) is 16.6. The van der Waals surface area contributed by atoms with Gasteiger partial charge in [-0.25, -0.2) is 4.98 Å². The molecule has 0 radical (unpaired) electrons. The Morgan fingerprint density at radius 2 is 2.32 bits per heavy atom. The highest BCUT2D eigenvalue weighted by Crippen LogP contribution is 2.34. The third-order valence-electron chi connectivity index (χ3n) is 3.92. The van der Waals surface area contributed by atoms with Crippen LogP contribution >= 0.6 is 11.3 Å². The van der Waals surface area contributed by atoms with Crippen molar-refractivity contribution >= 4 is 33.3 Å². The SMILES string of the molecule is O=C(Nc1nccs1)c1cn(CC2CC2)c2cc(O)ccc12. The number of phenols is 1. The predicted molar refractivity (Wildman–Crippen MR) is 86.4 cm³/mol. The summed E-state index contributed by atoms with van der Waals surface area (Å²) in [6, 6.07) is 5.13. The van der Waals surface area contributed by atoms with Crippen LogP contribution in [0.25, 0.3) is 10.9 Å². The molecule has 22 heavy (non-hydrogen) atoms. The average molecular weight is 313 g/mol. The van der Waals surface area contributed by atoms with Gasteiger partial charge in [-0.3, -0.25) is 10.1 Å². The lowest BCUT2D eigenvalue weighted by Crippen LogP contribution is -2.11. The van der Waals surface area contributed by atoms with E-state index in [1.165, 1.54) is 24.2 Å². The molecular formula is C16H15N3O2S. The van der Waals surface area contributed by atoms with E-state index in [1.807, 2.05) is 11.6 Å². The molecule has 6 heteroatoms. The Balaban J connectivity index is 1.74. The molecule has 2 heterocycles. The Bertz CT molecular complexity index is 835. The summed E-state index contributed by atoms with van der Waals surface area (Å²) in [6.45, 7) is 0.893. The molecule has 2 aromatic heterocycles. The summed E-state index contributed by atoms with van der Waals surface area (Å²) >= 11 is 1.39. The zero-order chi connectivity index (χ0) is 15.1. The number of rotatable bonds is 4. The highest BCUT2D eigenvalue weighted by molar-refractivity contribution is 7.13. The molecule has 1 aliphatic rings. The largest absolute Gasteiger partial charge is 0.508 e. The van der Waals surface area contributed by atoms with Crippen LogP contribution in [0.4, 0.5) is 5.13 Å². The molecule has 5 nitrogen and oxygen atoms in total. The molecule has 1 saturated carbocycles. The van der Waals surface area contributed by atoms with Gasteiger partial charge in [0, 0.05) is 35.8 Å². The molecule has 0 aliphatic heterocycles. The van der Waals surface area contributed by atoms with Gasteiger partial charge in [-0.1, -0.05) is 0 Å². The molecule has 2 N–H and O–H groups in total. The molecule has 1 aromatic carbocycles. The van der Waals surface area contributed by atoms with Crippen molar-refractivity contribution in [1.82, 2.24) is 9.55 Å². The average Bonchev–Trinajstić information content (AvgIpc) is 3.03. The standard InChI is InChI=1S/C16H15N3O2S/c20-11-3-4-12-13(15(21)18-16-17-5-6-22-16)9-19(14(12)7-11)8-10-1-2-10/h3-7,9-10,20H,1-2,8H2,(H,17,18,21). The van der Waals surface area contributed by atoms with E-state index in [9.17, 15) is 9.90 Å². The van der Waals surface area contributed by atoms with Crippen LogP contribution in [0.5, 0.6) is 5.75 Å². The second-order valence-electron chi connectivity index (χ2n) is 5.63. The van der Waals surface area contributed by atoms with Crippen molar-refractivity contribution in [3.63, 3.8) is 0 Å². The van der Waals surface area contributed by atoms with Gasteiger partial charge in [0.25, 0.3) is 5.91 Å². The lowest BCUT2D eigenvalue weighted by atomic mass is 10.1. The minimum absolute atomic E-state index is 0.166. The minimum atomic E-state index is -0.166. The van der Waals surface area contributed by atoms with Gasteiger partial charge < -0.3 is 9.67 Å². The fourth-order valence-corrected chi connectivity index (χ4v) is 3.16. The molecule has 3 aromatic rings. The summed E-state index contributed by atoms with van der Waals surface area (Å²) in [5.41, 5.74) is 1.52. The molecule has 0 spiro atoms. The summed E-state index contributed by atoms with van der Waals surface area (Å²) in [5, 5.41) is 15.8. The van der Waals surface area contributed by atoms with E-state index < -0.39 is 0 Å². The van der Waals surface area contributed by atoms with Crippen LogP contribution in [0.1, 0.15) is 23.2 Å². The van der Waals surface area contributed by atoms with Crippen molar-refractivity contribution in [3.05, 3.63) is 41.5 Å². The van der Waals surface area contributed by atoms with Crippen molar-refractivity contribution in [2.45, 2.75) is 19.4 Å². The number of hydrogen-bond donors (Lipinski definition) is 2. The molecule has 4 rings (SSSR count). The van der Waals surface area contributed by atoms with Gasteiger partial charge in [-0.05, 0) is 30.9 Å². The van der Waals surface area contributed by atoms with Crippen LogP contribution in [-0.4, -0.2) is 20.6 Å². The van der Waals surface area contributed by atoms with Crippen LogP contribution in [0.3, 0.4) is 0 Å². The summed E-state index contributed by atoms with van der Waals surface area (Å²) in [5.74, 6) is 0.738. The van der Waals surface area contributed by atoms with Crippen LogP contribution in [0.2, 0.25) is 0 Å². The molecule has 0 saturated heterocycles. The lowest BCUT2D eigenvalue weighted by molar-refractivity contribution is 0.102. The smallest absolute Gasteiger partial charge is 0.259 e. The van der Waals surface area contributed by atoms with Gasteiger partial charge in [0.1, 0.15) is 5.75 Å². The number of phenolic OH excluding ortho intramolecular Hbond substituents is 1. The number of nitrogens with zero attached hydrogens (tertiary/aromatic N) is 2. The predicted octanol–water partition coefficient (Wildman–Crippen LogP) is 3.47. The second kappa shape index (κ2) is 5.14. The summed E-state index contributed by atoms with van der Waals surface area (Å²) < 4.78 is 2.07. The molecule has 112 valence electrons. The number of benzene rings is 1. The normalized spacial score (nSPS) is 14.4. The van der Waals surface area contributed by atoms with Gasteiger partial charge in [0.15, 0.2) is 5.13 Å². The second-order valence-corrected chi connectivity index (χ2v) is 6.53. The molecule has 1 amide bonds. The molecule has 0 bridgehead atoms. The number of fused-ring (bicyclic) bond motifs is 1. The number of nitrogens with one attached hydrogen (secondary N) is 1. The van der Waals surface area contributed by atoms with Crippen molar-refractivity contribution in [2.75, 3.05) is 5.32 Å². The van der Waals surface area contributed by atoms with E-state index in [0.29, 0.717) is 16.6 Å². The number of thiazole rings is 1. The lowest BCUT2D eigenvalue weighted by Gasteiger charge is -2.03. The maximum absolute atomic E-state index is 12.5. The Labute approximate surface area is 131 Å². The van der Waals surface area contributed by atoms with E-state index in [4.69, 9.17) is 0 Å². The maximum Gasteiger partial charge on any atom is 0.259 e. The molecule has 1 fully saturated rings. The maximum atomic E-state index is 12.5. The van der Waals surface area contributed by atoms with Crippen LogP contribution < -0.4 is 5.32 Å². The third kappa shape index (κ3) is 2.46. The first-order valence-electron chi connectivity index (χ1n) is 7.23. The van der Waals surface area contributed by atoms with Crippen molar-refractivity contribution in [3.8, 4) is 5.75 Å². The number of aromatic nitrogens is 2. The molecule has 1 aliphatic carbocycles. The van der Waals surface area contributed by atoms with Crippen LogP contribution in [0, 0.1) is 5.92 Å². The first-order chi connectivity index (χ1) is 10.7. The van der Waals surface area contributed by atoms with Crippen molar-refractivity contribution in [2.24, 2.45) is 5.92 Å². The third-order valence-corrected chi connectivity index (χ3v) is 4.60. The topological polar surface area (TPSA) is 67.2 Å². The van der Waals surface area contributed by atoms with Gasteiger partial charge in [-0.2, -0.15) is 0 Å². The van der Waals surface area contributed by atoms with Gasteiger partial charge in [0.05, 0.1) is 11.1 Å². The number of carbonyl (C=O) groups is 1. The van der Waals surface area contributed by atoms with E-state index >= 15 is 0 Å². The summed E-state index contributed by atoms with van der Waals surface area (Å²) in [7, 11) is 0. The quantitative estimate of drug-likeness (QED) is 0.775. The number of hydrogen-bond acceptors (Lipinski definition) is 4. The zero-order valence-electron chi connectivity index (χ0n) is 11.8. The van der Waals surface area contributed by atoms with E-state index in [1.54, 1.807) is 24.4 Å². The minimum Gasteiger partial charge on any atom is -0.508 e. The number of amides is 1. The van der Waals surface area contributed by atoms with E-state index in [2.05, 4.69) is 14.9 Å². The Kier molecular flexibility index (Phi) is 3.11. The summed E-state index contributed by atoms with van der Waals surface area (Å²) in [6.07, 6.45) is 6.01. The highest BCUT2D eigenvalue weighted by Gasteiger charge is 2.24. The first kappa shape index (κ1) is 13.3. The van der Waals surface area contributed by atoms with E-state index in [-0.39, 0.29) is 11.7 Å². The Hall–Kier alpha value is -2.34. The number of aromatic hydroxyl groups is 1. The van der Waals surface area contributed by atoms with Gasteiger partial charge in [0.2, 0.25) is 0 Å². The monoisotopic (exact) mass is 313 g/mol. The fraction of sp³-hybridized carbons (Fsp3) is 0.250. The fourth-order valence-electron chi connectivity index (χ4n) is 2.64. The van der Waals surface area contributed by atoms with Crippen LogP contribution in [0.15, 0.2) is 36.0 Å². The van der Waals surface area contributed by atoms with Crippen molar-refractivity contribution < 1.29 is 9.90 Å². The Morgan fingerprint density at radius 1 is 1.45 bits per heavy atom. The van der Waals surface area contributed by atoms with Crippen molar-refractivity contribution in [1.29, 1.82) is 0 Å². The molecular weight excluding hydrogens is 298 g/mol. The van der Waals surface area contributed by atoms with Crippen LogP contribution in [-0.2, 0) is 6.54 Å². The number of anilines is 1. The van der Waals surface area contributed by atoms with Gasteiger partial charge >= 0.3 is 0 Å². The molecule has 0 atom stereocenters. The first-order valence-corrected chi connectivity index (χ1v) is 8.11. The van der Waals surface area contributed by atoms with Gasteiger partial charge in [-0.15, -0.1) is 11.3 Å². The Morgan fingerprint density at radius 3 is 3.05 bits per heavy atom. The number of carbonyl (C=O) groups excluding carboxylic acids is 1. The molecule has 0 unspecified atom stereocenters. The zero-order valence-corrected chi connectivity index (χ0v) is 12.6. The highest BCUT2D eigenvalue weighted by atomic mass is 32.1.